The van der Waals surface area contributed by atoms with Gasteiger partial charge in [-0.3, -0.25) is 0 Å². The van der Waals surface area contributed by atoms with Crippen LogP contribution in [0.5, 0.6) is 0 Å². The topological polar surface area (TPSA) is 95.4 Å². The average Bonchev–Trinajstić information content (AvgIpc) is 3.97. The van der Waals surface area contributed by atoms with E-state index in [0.717, 1.165) is 93.9 Å². The second-order valence-corrected chi connectivity index (χ2v) is 16.7. The lowest BCUT2D eigenvalue weighted by Crippen LogP contribution is -2.05. The van der Waals surface area contributed by atoms with Crippen molar-refractivity contribution in [1.82, 2.24) is 34.5 Å². The molecule has 4 aromatic heterocycles. The van der Waals surface area contributed by atoms with Gasteiger partial charge in [-0.05, 0) is 59.7 Å². The third kappa shape index (κ3) is 6.78. The maximum atomic E-state index is 6.34. The largest absolute Gasteiger partial charge is 0.456 e. The van der Waals surface area contributed by atoms with Gasteiger partial charge in [-0.1, -0.05) is 176 Å². The van der Waals surface area contributed by atoms with Crippen LogP contribution < -0.4 is 0 Å². The fraction of sp³-hybridized carbons (Fsp3) is 0. The van der Waals surface area contributed by atoms with E-state index in [2.05, 4.69) is 108 Å². The second kappa shape index (κ2) is 16.2. The molecule has 0 saturated heterocycles. The fourth-order valence-corrected chi connectivity index (χ4v) is 9.32. The molecule has 318 valence electrons. The molecule has 0 bridgehead atoms. The molecule has 8 nitrogen and oxygen atoms in total. The van der Waals surface area contributed by atoms with Gasteiger partial charge in [0.25, 0.3) is 0 Å². The number of nitrogens with zero attached hydrogens (tertiary/aromatic N) is 7. The summed E-state index contributed by atoms with van der Waals surface area (Å²) in [7, 11) is 0. The molecule has 9 aromatic carbocycles. The van der Waals surface area contributed by atoms with Crippen LogP contribution in [0.3, 0.4) is 0 Å². The third-order valence-electron chi connectivity index (χ3n) is 12.5. The van der Waals surface area contributed by atoms with Gasteiger partial charge in [0.15, 0.2) is 34.9 Å². The summed E-state index contributed by atoms with van der Waals surface area (Å²) in [5.74, 6) is 3.22. The SMILES string of the molecule is c1ccc(-c2ccc3c(c2)c2ccccc2n3-c2ccc(-c3nc(-c4ccccc4)nc(-c4cccc5oc6ccccc6c45)n3)cc2-c2nc(-c3ccccc3)nc(-c3ccccc3)n2)cc1. The number of hydrogen-bond donors (Lipinski definition) is 0. The first-order valence-corrected chi connectivity index (χ1v) is 22.5. The van der Waals surface area contributed by atoms with Gasteiger partial charge < -0.3 is 8.98 Å². The van der Waals surface area contributed by atoms with Gasteiger partial charge in [-0.2, -0.15) is 0 Å². The number of fused-ring (bicyclic) bond motifs is 6. The highest BCUT2D eigenvalue weighted by atomic mass is 16.3. The fourth-order valence-electron chi connectivity index (χ4n) is 9.32. The summed E-state index contributed by atoms with van der Waals surface area (Å²) >= 11 is 0. The van der Waals surface area contributed by atoms with E-state index in [1.165, 1.54) is 0 Å². The van der Waals surface area contributed by atoms with Gasteiger partial charge in [0.2, 0.25) is 0 Å². The van der Waals surface area contributed by atoms with Crippen LogP contribution in [0.4, 0.5) is 0 Å². The van der Waals surface area contributed by atoms with Crippen molar-refractivity contribution in [2.24, 2.45) is 0 Å². The van der Waals surface area contributed by atoms with Crippen LogP contribution in [0.25, 0.3) is 129 Å². The maximum absolute atomic E-state index is 6.34. The first-order valence-electron chi connectivity index (χ1n) is 22.5. The minimum atomic E-state index is 0.502. The van der Waals surface area contributed by atoms with Crippen molar-refractivity contribution in [2.45, 2.75) is 0 Å². The molecule has 0 atom stereocenters. The molecule has 0 saturated carbocycles. The maximum Gasteiger partial charge on any atom is 0.166 e. The molecular weight excluding hydrogens is 835 g/mol. The Kier molecular flexibility index (Phi) is 9.31. The Morgan fingerprint density at radius 3 is 1.38 bits per heavy atom. The number of hydrogen-bond acceptors (Lipinski definition) is 7. The molecule has 68 heavy (non-hydrogen) atoms. The molecule has 13 rings (SSSR count). The van der Waals surface area contributed by atoms with Gasteiger partial charge >= 0.3 is 0 Å². The molecule has 0 aliphatic heterocycles. The quantitative estimate of drug-likeness (QED) is 0.150. The third-order valence-corrected chi connectivity index (χ3v) is 12.5. The van der Waals surface area contributed by atoms with E-state index in [-0.39, 0.29) is 0 Å². The van der Waals surface area contributed by atoms with Crippen LogP contribution in [0, 0.1) is 0 Å². The van der Waals surface area contributed by atoms with E-state index in [9.17, 15) is 0 Å². The monoisotopic (exact) mass is 871 g/mol. The lowest BCUT2D eigenvalue weighted by atomic mass is 10.0. The van der Waals surface area contributed by atoms with E-state index in [1.807, 2.05) is 121 Å². The summed E-state index contributed by atoms with van der Waals surface area (Å²) in [6, 6.07) is 76.5. The van der Waals surface area contributed by atoms with Crippen LogP contribution in [-0.2, 0) is 0 Å². The Labute approximate surface area is 390 Å². The second-order valence-electron chi connectivity index (χ2n) is 16.7. The zero-order valence-corrected chi connectivity index (χ0v) is 36.4. The highest BCUT2D eigenvalue weighted by Gasteiger charge is 2.23. The molecule has 0 fully saturated rings. The van der Waals surface area contributed by atoms with Crippen LogP contribution in [0.2, 0.25) is 0 Å². The Bertz CT molecular complexity index is 3960. The molecule has 0 spiro atoms. The summed E-state index contributed by atoms with van der Waals surface area (Å²) in [5.41, 5.74) is 11.9. The highest BCUT2D eigenvalue weighted by molar-refractivity contribution is 6.12. The Morgan fingerprint density at radius 2 is 0.750 bits per heavy atom. The molecular formula is C60H37N7O. The smallest absolute Gasteiger partial charge is 0.166 e. The first-order chi connectivity index (χ1) is 33.7. The number of furan rings is 1. The number of rotatable bonds is 8. The lowest BCUT2D eigenvalue weighted by molar-refractivity contribution is 0.669. The zero-order valence-electron chi connectivity index (χ0n) is 36.4. The molecule has 0 radical (unpaired) electrons. The summed E-state index contributed by atoms with van der Waals surface area (Å²) < 4.78 is 8.66. The van der Waals surface area contributed by atoms with Crippen LogP contribution in [0.1, 0.15) is 0 Å². The number of benzene rings is 9. The standard InChI is InChI=1S/C60H37N7O/c1-5-18-38(19-6-1)42-32-34-50-47(36-42)44-26-13-15-29-49(44)67(50)51-35-33-43(37-48(51)60-64-55(39-20-7-2-8-21-39)61-56(65-60)40-22-9-3-10-23-40)58-62-57(41-24-11-4-12-25-41)63-59(66-58)46-28-17-31-53-54(46)45-27-14-16-30-52(45)68-53/h1-37H. The Hall–Kier alpha value is -9.40. The van der Waals surface area contributed by atoms with Crippen molar-refractivity contribution < 1.29 is 4.42 Å². The van der Waals surface area contributed by atoms with Gasteiger partial charge in [0, 0.05) is 54.9 Å². The molecule has 13 aromatic rings. The predicted octanol–water partition coefficient (Wildman–Crippen LogP) is 14.7. The molecule has 0 N–H and O–H groups in total. The van der Waals surface area contributed by atoms with Crippen molar-refractivity contribution >= 4 is 43.7 Å². The number of para-hydroxylation sites is 2. The van der Waals surface area contributed by atoms with Crippen molar-refractivity contribution in [1.29, 1.82) is 0 Å². The first kappa shape index (κ1) is 39.0. The van der Waals surface area contributed by atoms with Crippen molar-refractivity contribution in [3.63, 3.8) is 0 Å². The molecule has 8 heteroatoms. The summed E-state index contributed by atoms with van der Waals surface area (Å²) in [4.78, 5) is 31.4. The highest BCUT2D eigenvalue weighted by Crippen LogP contribution is 2.41. The van der Waals surface area contributed by atoms with Crippen molar-refractivity contribution in [3.8, 4) is 85.1 Å². The molecule has 0 unspecified atom stereocenters. The normalized spacial score (nSPS) is 11.5. The van der Waals surface area contributed by atoms with E-state index < -0.39 is 0 Å². The Morgan fingerprint density at radius 1 is 0.279 bits per heavy atom. The summed E-state index contributed by atoms with van der Waals surface area (Å²) in [6.45, 7) is 0. The lowest BCUT2D eigenvalue weighted by Gasteiger charge is -2.16. The van der Waals surface area contributed by atoms with E-state index in [1.54, 1.807) is 0 Å². The van der Waals surface area contributed by atoms with Crippen molar-refractivity contribution in [3.05, 3.63) is 224 Å². The van der Waals surface area contributed by atoms with E-state index in [4.69, 9.17) is 34.3 Å². The summed E-state index contributed by atoms with van der Waals surface area (Å²) in [5, 5.41) is 4.21. The van der Waals surface area contributed by atoms with Gasteiger partial charge in [0.05, 0.1) is 16.7 Å². The minimum absolute atomic E-state index is 0.502. The van der Waals surface area contributed by atoms with E-state index in [0.29, 0.717) is 34.9 Å². The van der Waals surface area contributed by atoms with Crippen LogP contribution in [0.15, 0.2) is 229 Å². The van der Waals surface area contributed by atoms with Gasteiger partial charge in [-0.15, -0.1) is 0 Å². The van der Waals surface area contributed by atoms with E-state index >= 15 is 0 Å². The minimum Gasteiger partial charge on any atom is -0.456 e. The number of aromatic nitrogens is 7. The molecule has 0 amide bonds. The van der Waals surface area contributed by atoms with Crippen molar-refractivity contribution in [2.75, 3.05) is 0 Å². The zero-order chi connectivity index (χ0) is 45.0. The molecule has 0 aliphatic rings. The molecule has 0 aliphatic carbocycles. The summed E-state index contributed by atoms with van der Waals surface area (Å²) in [6.07, 6.45) is 0. The average molecular weight is 872 g/mol. The molecule has 4 heterocycles. The van der Waals surface area contributed by atoms with Gasteiger partial charge in [-0.25, -0.2) is 29.9 Å². The predicted molar refractivity (Wildman–Crippen MR) is 273 cm³/mol. The Balaban J connectivity index is 1.09. The van der Waals surface area contributed by atoms with Crippen LogP contribution >= 0.6 is 0 Å². The van der Waals surface area contributed by atoms with Gasteiger partial charge in [0.1, 0.15) is 11.2 Å². The van der Waals surface area contributed by atoms with Crippen LogP contribution in [-0.4, -0.2) is 34.5 Å².